The Kier molecular flexibility index (Phi) is 2.65. The highest BCUT2D eigenvalue weighted by Crippen LogP contribution is 2.31. The van der Waals surface area contributed by atoms with Crippen LogP contribution in [-0.2, 0) is 5.54 Å². The Hall–Kier alpha value is -1.84. The van der Waals surface area contributed by atoms with Crippen LogP contribution in [0.5, 0.6) is 0 Å². The molecular formula is C13H16FN3. The third kappa shape index (κ3) is 2.02. The van der Waals surface area contributed by atoms with Crippen LogP contribution in [0.4, 0.5) is 10.1 Å². The Morgan fingerprint density at radius 3 is 2.47 bits per heavy atom. The third-order valence-corrected chi connectivity index (χ3v) is 2.56. The fourth-order valence-electron chi connectivity index (χ4n) is 1.79. The summed E-state index contributed by atoms with van der Waals surface area (Å²) in [6.07, 6.45) is 1.56. The van der Waals surface area contributed by atoms with E-state index in [2.05, 4.69) is 5.10 Å². The SMILES string of the molecule is CC(C)(C)n1ncc(N)c1-c1ccccc1F. The minimum Gasteiger partial charge on any atom is -0.396 e. The maximum absolute atomic E-state index is 13.8. The summed E-state index contributed by atoms with van der Waals surface area (Å²) in [5.74, 6) is -0.287. The minimum atomic E-state index is -0.287. The van der Waals surface area contributed by atoms with E-state index in [4.69, 9.17) is 5.73 Å². The maximum atomic E-state index is 13.8. The van der Waals surface area contributed by atoms with E-state index < -0.39 is 0 Å². The van der Waals surface area contributed by atoms with Gasteiger partial charge in [0, 0.05) is 5.56 Å². The number of nitrogen functional groups attached to an aromatic ring is 1. The van der Waals surface area contributed by atoms with Crippen LogP contribution in [-0.4, -0.2) is 9.78 Å². The second-order valence-electron chi connectivity index (χ2n) is 5.01. The molecule has 0 aliphatic rings. The van der Waals surface area contributed by atoms with Gasteiger partial charge in [0.25, 0.3) is 0 Å². The van der Waals surface area contributed by atoms with Gasteiger partial charge in [-0.25, -0.2) is 4.39 Å². The lowest BCUT2D eigenvalue weighted by atomic mass is 10.1. The molecule has 0 aliphatic heterocycles. The quantitative estimate of drug-likeness (QED) is 0.822. The molecule has 2 rings (SSSR count). The van der Waals surface area contributed by atoms with Crippen molar-refractivity contribution in [3.05, 3.63) is 36.3 Å². The first kappa shape index (κ1) is 11.6. The zero-order valence-corrected chi connectivity index (χ0v) is 10.2. The average molecular weight is 233 g/mol. The fraction of sp³-hybridized carbons (Fsp3) is 0.308. The van der Waals surface area contributed by atoms with Crippen LogP contribution in [0, 0.1) is 5.82 Å². The van der Waals surface area contributed by atoms with E-state index in [0.717, 1.165) is 0 Å². The van der Waals surface area contributed by atoms with E-state index in [0.29, 0.717) is 16.9 Å². The van der Waals surface area contributed by atoms with Crippen LogP contribution in [0.2, 0.25) is 0 Å². The van der Waals surface area contributed by atoms with Gasteiger partial charge in [-0.15, -0.1) is 0 Å². The second kappa shape index (κ2) is 3.87. The highest BCUT2D eigenvalue weighted by atomic mass is 19.1. The first-order valence-corrected chi connectivity index (χ1v) is 5.50. The Bertz CT molecular complexity index is 538. The molecule has 1 aromatic carbocycles. The Labute approximate surface area is 100 Å². The molecular weight excluding hydrogens is 217 g/mol. The number of halogens is 1. The molecule has 0 spiro atoms. The molecule has 0 unspecified atom stereocenters. The molecule has 0 fully saturated rings. The number of rotatable bonds is 1. The molecule has 0 saturated carbocycles. The average Bonchev–Trinajstić information content (AvgIpc) is 2.60. The van der Waals surface area contributed by atoms with E-state index in [1.165, 1.54) is 6.07 Å². The van der Waals surface area contributed by atoms with E-state index in [1.807, 2.05) is 20.8 Å². The van der Waals surface area contributed by atoms with Crippen LogP contribution in [0.3, 0.4) is 0 Å². The minimum absolute atomic E-state index is 0.241. The lowest BCUT2D eigenvalue weighted by molar-refractivity contribution is 0.359. The van der Waals surface area contributed by atoms with Crippen molar-refractivity contribution < 1.29 is 4.39 Å². The summed E-state index contributed by atoms with van der Waals surface area (Å²) in [6, 6.07) is 6.59. The molecule has 2 N–H and O–H groups in total. The van der Waals surface area contributed by atoms with E-state index in [-0.39, 0.29) is 11.4 Å². The summed E-state index contributed by atoms with van der Waals surface area (Å²) in [7, 11) is 0. The molecule has 0 aliphatic carbocycles. The molecule has 17 heavy (non-hydrogen) atoms. The van der Waals surface area contributed by atoms with Gasteiger partial charge in [0.05, 0.1) is 23.1 Å². The topological polar surface area (TPSA) is 43.8 Å². The molecule has 0 bridgehead atoms. The first-order chi connectivity index (χ1) is 7.91. The lowest BCUT2D eigenvalue weighted by Gasteiger charge is -2.22. The van der Waals surface area contributed by atoms with Gasteiger partial charge in [0.2, 0.25) is 0 Å². The molecule has 0 amide bonds. The highest BCUT2D eigenvalue weighted by Gasteiger charge is 2.22. The molecule has 1 aromatic heterocycles. The standard InChI is InChI=1S/C13H16FN3/c1-13(2,3)17-12(11(15)8-16-17)9-6-4-5-7-10(9)14/h4-8H,15H2,1-3H3. The van der Waals surface area contributed by atoms with Crippen molar-refractivity contribution in [3.8, 4) is 11.3 Å². The monoisotopic (exact) mass is 233 g/mol. The molecule has 1 heterocycles. The molecule has 0 atom stereocenters. The predicted molar refractivity (Wildman–Crippen MR) is 67.0 cm³/mol. The summed E-state index contributed by atoms with van der Waals surface area (Å²) in [4.78, 5) is 0. The number of anilines is 1. The lowest BCUT2D eigenvalue weighted by Crippen LogP contribution is -2.24. The van der Waals surface area contributed by atoms with Gasteiger partial charge >= 0.3 is 0 Å². The summed E-state index contributed by atoms with van der Waals surface area (Å²) < 4.78 is 15.6. The molecule has 0 saturated heterocycles. The van der Waals surface area contributed by atoms with Gasteiger partial charge in [-0.1, -0.05) is 12.1 Å². The third-order valence-electron chi connectivity index (χ3n) is 2.56. The van der Waals surface area contributed by atoms with Gasteiger partial charge in [-0.2, -0.15) is 5.10 Å². The van der Waals surface area contributed by atoms with Crippen molar-refractivity contribution in [1.82, 2.24) is 9.78 Å². The Balaban J connectivity index is 2.68. The van der Waals surface area contributed by atoms with Gasteiger partial charge in [0.1, 0.15) is 5.82 Å². The second-order valence-corrected chi connectivity index (χ2v) is 5.01. The van der Waals surface area contributed by atoms with Gasteiger partial charge < -0.3 is 5.73 Å². The zero-order valence-electron chi connectivity index (χ0n) is 10.2. The molecule has 2 aromatic rings. The fourth-order valence-corrected chi connectivity index (χ4v) is 1.79. The predicted octanol–water partition coefficient (Wildman–Crippen LogP) is 3.03. The highest BCUT2D eigenvalue weighted by molar-refractivity contribution is 5.73. The maximum Gasteiger partial charge on any atom is 0.132 e. The van der Waals surface area contributed by atoms with E-state index in [1.54, 1.807) is 29.1 Å². The van der Waals surface area contributed by atoms with Crippen molar-refractivity contribution in [2.75, 3.05) is 5.73 Å². The largest absolute Gasteiger partial charge is 0.396 e. The number of nitrogens with zero attached hydrogens (tertiary/aromatic N) is 2. The van der Waals surface area contributed by atoms with Crippen LogP contribution < -0.4 is 5.73 Å². The van der Waals surface area contributed by atoms with Gasteiger partial charge in [-0.3, -0.25) is 4.68 Å². The van der Waals surface area contributed by atoms with Crippen molar-refractivity contribution in [2.45, 2.75) is 26.3 Å². The summed E-state index contributed by atoms with van der Waals surface area (Å²) in [6.45, 7) is 6.01. The van der Waals surface area contributed by atoms with Crippen molar-refractivity contribution in [2.24, 2.45) is 0 Å². The number of benzene rings is 1. The van der Waals surface area contributed by atoms with E-state index in [9.17, 15) is 4.39 Å². The molecule has 90 valence electrons. The van der Waals surface area contributed by atoms with Crippen LogP contribution in [0.15, 0.2) is 30.5 Å². The number of hydrogen-bond acceptors (Lipinski definition) is 2. The summed E-state index contributed by atoms with van der Waals surface area (Å²) in [5.41, 5.74) is 7.26. The van der Waals surface area contributed by atoms with Crippen LogP contribution >= 0.6 is 0 Å². The van der Waals surface area contributed by atoms with Crippen molar-refractivity contribution >= 4 is 5.69 Å². The van der Waals surface area contributed by atoms with Crippen molar-refractivity contribution in [3.63, 3.8) is 0 Å². The normalized spacial score (nSPS) is 11.8. The Morgan fingerprint density at radius 1 is 1.24 bits per heavy atom. The molecule has 3 nitrogen and oxygen atoms in total. The number of nitrogens with two attached hydrogens (primary N) is 1. The van der Waals surface area contributed by atoms with Crippen molar-refractivity contribution in [1.29, 1.82) is 0 Å². The molecule has 4 heteroatoms. The zero-order chi connectivity index (χ0) is 12.6. The number of aromatic nitrogens is 2. The van der Waals surface area contributed by atoms with Crippen LogP contribution in [0.25, 0.3) is 11.3 Å². The molecule has 0 radical (unpaired) electrons. The van der Waals surface area contributed by atoms with Gasteiger partial charge in [-0.05, 0) is 32.9 Å². The number of hydrogen-bond donors (Lipinski definition) is 1. The summed E-state index contributed by atoms with van der Waals surface area (Å²) in [5, 5.41) is 4.23. The van der Waals surface area contributed by atoms with Gasteiger partial charge in [0.15, 0.2) is 0 Å². The first-order valence-electron chi connectivity index (χ1n) is 5.50. The van der Waals surface area contributed by atoms with E-state index >= 15 is 0 Å². The Morgan fingerprint density at radius 2 is 1.88 bits per heavy atom. The smallest absolute Gasteiger partial charge is 0.132 e. The van der Waals surface area contributed by atoms with Crippen LogP contribution in [0.1, 0.15) is 20.8 Å². The summed E-state index contributed by atoms with van der Waals surface area (Å²) >= 11 is 0.